The van der Waals surface area contributed by atoms with Crippen LogP contribution in [0, 0.1) is 0 Å². The van der Waals surface area contributed by atoms with E-state index in [4.69, 9.17) is 15.7 Å². The van der Waals surface area contributed by atoms with Crippen molar-refractivity contribution in [1.29, 1.82) is 0 Å². The van der Waals surface area contributed by atoms with E-state index in [1.807, 2.05) is 0 Å². The molecule has 2 aliphatic heterocycles. The molecule has 1 aromatic rings. The molecule has 2 aliphatic rings. The van der Waals surface area contributed by atoms with E-state index >= 15 is 0 Å². The quantitative estimate of drug-likeness (QED) is 0.186. The molecule has 160 valence electrons. The van der Waals surface area contributed by atoms with Crippen LogP contribution in [0.4, 0.5) is 5.13 Å². The van der Waals surface area contributed by atoms with Crippen molar-refractivity contribution < 1.29 is 29.1 Å². The molecule has 1 saturated heterocycles. The highest BCUT2D eigenvalue weighted by atomic mass is 32.2. The average Bonchev–Trinajstić information content (AvgIpc) is 3.11. The lowest BCUT2D eigenvalue weighted by Crippen LogP contribution is -2.70. The second-order valence-electron chi connectivity index (χ2n) is 6.39. The molecule has 2 unspecified atom stereocenters. The number of rotatable bonds is 7. The van der Waals surface area contributed by atoms with Gasteiger partial charge in [0.2, 0.25) is 11.2 Å². The third-order valence-corrected chi connectivity index (χ3v) is 6.59. The summed E-state index contributed by atoms with van der Waals surface area (Å²) in [5.41, 5.74) is 6.31. The number of carboxylic acid groups (broad SMARTS) is 1. The summed E-state index contributed by atoms with van der Waals surface area (Å²) in [6.45, 7) is 2.98. The number of aliphatic carboxylic acids is 1. The first-order valence-corrected chi connectivity index (χ1v) is 10.9. The van der Waals surface area contributed by atoms with Crippen LogP contribution in [0.25, 0.3) is 0 Å². The largest absolute Gasteiger partial charge is 0.478 e. The van der Waals surface area contributed by atoms with Crippen LogP contribution < -0.4 is 11.1 Å². The van der Waals surface area contributed by atoms with Gasteiger partial charge in [-0.15, -0.1) is 23.1 Å². The number of carbonyl (C=O) groups is 4. The zero-order valence-electron chi connectivity index (χ0n) is 15.7. The van der Waals surface area contributed by atoms with Crippen LogP contribution >= 0.6 is 35.7 Å². The molecule has 3 rings (SSSR count). The fourth-order valence-corrected chi connectivity index (χ4v) is 4.90. The number of β-lactam (4-membered cyclic amide) rings is 1. The Morgan fingerprint density at radius 3 is 2.77 bits per heavy atom. The third-order valence-electron chi connectivity index (χ3n) is 4.28. The number of thioether (sulfide) groups is 1. The summed E-state index contributed by atoms with van der Waals surface area (Å²) in [6, 6.07) is -0.906. The molecule has 0 saturated carbocycles. The minimum absolute atomic E-state index is 0.0782. The first kappa shape index (κ1) is 22.1. The number of nitrogen functional groups attached to an aromatic ring is 1. The van der Waals surface area contributed by atoms with E-state index in [2.05, 4.69) is 28.1 Å². The maximum absolute atomic E-state index is 12.8. The van der Waals surface area contributed by atoms with Gasteiger partial charge in [-0.2, -0.15) is 0 Å². The maximum atomic E-state index is 12.8. The lowest BCUT2D eigenvalue weighted by molar-refractivity contribution is -0.149. The van der Waals surface area contributed by atoms with E-state index in [9.17, 15) is 19.2 Å². The van der Waals surface area contributed by atoms with Crippen LogP contribution in [0.1, 0.15) is 19.5 Å². The third kappa shape index (κ3) is 4.15. The van der Waals surface area contributed by atoms with Gasteiger partial charge >= 0.3 is 5.97 Å². The zero-order chi connectivity index (χ0) is 22.2. The second kappa shape index (κ2) is 8.65. The number of nitrogens with one attached hydrogen (secondary N) is 1. The Labute approximate surface area is 184 Å². The Morgan fingerprint density at radius 2 is 2.20 bits per heavy atom. The minimum atomic E-state index is -1.31. The van der Waals surface area contributed by atoms with Gasteiger partial charge in [-0.3, -0.25) is 19.3 Å². The van der Waals surface area contributed by atoms with Crippen molar-refractivity contribution in [2.24, 2.45) is 5.16 Å². The Bertz CT molecular complexity index is 990. The van der Waals surface area contributed by atoms with Crippen LogP contribution in [-0.2, 0) is 24.0 Å². The SMILES string of the molecule is CC1=C(C(=O)S)N2C(=O)C(NC(=O)C(=NOC(C)C(=O)O)c3csc(N)n3)[C@H]2SC1. The summed E-state index contributed by atoms with van der Waals surface area (Å²) in [6.07, 6.45) is -1.31. The first-order chi connectivity index (χ1) is 14.1. The highest BCUT2D eigenvalue weighted by Gasteiger charge is 2.53. The number of fused-ring (bicyclic) bond motifs is 1. The molecular weight excluding hydrogens is 454 g/mol. The van der Waals surface area contributed by atoms with E-state index in [0.29, 0.717) is 5.75 Å². The molecule has 1 fully saturated rings. The molecular formula is C16H17N5O6S3. The summed E-state index contributed by atoms with van der Waals surface area (Å²) in [5, 5.41) is 15.8. The van der Waals surface area contributed by atoms with Crippen molar-refractivity contribution >= 4 is 69.5 Å². The van der Waals surface area contributed by atoms with Crippen molar-refractivity contribution in [2.75, 3.05) is 11.5 Å². The number of thiol groups is 1. The standard InChI is InChI=1S/C16H17N5O6S3/c1-5-3-29-13-9(12(23)21(13)10(5)15(26)28)19-11(22)8(7-4-30-16(17)18-7)20-27-6(2)14(24)25/h4,6,9,13H,3H2,1-2H3,(H2,17,18)(H,19,22)(H,24,25)(H,26,28)/t6?,9?,13-/m1/s1. The molecule has 3 atom stereocenters. The van der Waals surface area contributed by atoms with E-state index in [1.165, 1.54) is 29.0 Å². The van der Waals surface area contributed by atoms with Gasteiger partial charge < -0.3 is 21.0 Å². The Hall–Kier alpha value is -2.58. The Balaban J connectivity index is 1.80. The van der Waals surface area contributed by atoms with Crippen LogP contribution in [-0.4, -0.2) is 66.9 Å². The first-order valence-electron chi connectivity index (χ1n) is 8.48. The maximum Gasteiger partial charge on any atom is 0.347 e. The van der Waals surface area contributed by atoms with Crippen molar-refractivity contribution in [1.82, 2.24) is 15.2 Å². The molecule has 0 radical (unpaired) electrons. The summed E-state index contributed by atoms with van der Waals surface area (Å²) in [5.74, 6) is -2.02. The number of carbonyl (C=O) groups excluding carboxylic acids is 3. The Kier molecular flexibility index (Phi) is 6.38. The van der Waals surface area contributed by atoms with Crippen LogP contribution in [0.3, 0.4) is 0 Å². The highest BCUT2D eigenvalue weighted by molar-refractivity contribution is 8.00. The van der Waals surface area contributed by atoms with Gasteiger partial charge in [-0.05, 0) is 19.4 Å². The smallest absolute Gasteiger partial charge is 0.347 e. The van der Waals surface area contributed by atoms with Gasteiger partial charge in [0, 0.05) is 11.1 Å². The average molecular weight is 472 g/mol. The number of oxime groups is 1. The van der Waals surface area contributed by atoms with Crippen molar-refractivity contribution in [3.05, 3.63) is 22.3 Å². The lowest BCUT2D eigenvalue weighted by Gasteiger charge is -2.49. The molecule has 0 spiro atoms. The molecule has 4 N–H and O–H groups in total. The van der Waals surface area contributed by atoms with E-state index in [-0.39, 0.29) is 22.2 Å². The Morgan fingerprint density at radius 1 is 1.50 bits per heavy atom. The number of nitrogens with zero attached hydrogens (tertiary/aromatic N) is 3. The number of hydrogen-bond donors (Lipinski definition) is 4. The van der Waals surface area contributed by atoms with Crippen molar-refractivity contribution in [3.8, 4) is 0 Å². The monoisotopic (exact) mass is 471 g/mol. The van der Waals surface area contributed by atoms with Gasteiger partial charge in [0.25, 0.3) is 11.8 Å². The fourth-order valence-electron chi connectivity index (χ4n) is 2.76. The van der Waals surface area contributed by atoms with E-state index < -0.39 is 40.4 Å². The molecule has 0 bridgehead atoms. The molecule has 14 heteroatoms. The predicted octanol–water partition coefficient (Wildman–Crippen LogP) is 0.0494. The number of aromatic nitrogens is 1. The second-order valence-corrected chi connectivity index (χ2v) is 8.79. The van der Waals surface area contributed by atoms with Crippen LogP contribution in [0.15, 0.2) is 21.8 Å². The number of amides is 2. The summed E-state index contributed by atoms with van der Waals surface area (Å²) in [7, 11) is 0. The molecule has 3 heterocycles. The molecule has 11 nitrogen and oxygen atoms in total. The number of thiazole rings is 1. The summed E-state index contributed by atoms with van der Waals surface area (Å²) >= 11 is 6.28. The zero-order valence-corrected chi connectivity index (χ0v) is 18.2. The molecule has 30 heavy (non-hydrogen) atoms. The fraction of sp³-hybridized carbons (Fsp3) is 0.375. The van der Waals surface area contributed by atoms with Gasteiger partial charge in [0.05, 0.1) is 5.70 Å². The van der Waals surface area contributed by atoms with E-state index in [1.54, 1.807) is 6.92 Å². The number of hydrogen-bond acceptors (Lipinski definition) is 10. The normalized spacial score (nSPS) is 22.2. The summed E-state index contributed by atoms with van der Waals surface area (Å²) in [4.78, 5) is 58.3. The predicted molar refractivity (Wildman–Crippen MR) is 113 cm³/mol. The van der Waals surface area contributed by atoms with Crippen molar-refractivity contribution in [2.45, 2.75) is 31.4 Å². The van der Waals surface area contributed by atoms with E-state index in [0.717, 1.165) is 16.9 Å². The van der Waals surface area contributed by atoms with Crippen molar-refractivity contribution in [3.63, 3.8) is 0 Å². The molecule has 0 aromatic carbocycles. The van der Waals surface area contributed by atoms with Gasteiger partial charge in [-0.1, -0.05) is 17.8 Å². The lowest BCUT2D eigenvalue weighted by atomic mass is 10.0. The number of carboxylic acids is 1. The molecule has 1 aromatic heterocycles. The van der Waals surface area contributed by atoms with Gasteiger partial charge in [-0.25, -0.2) is 9.78 Å². The van der Waals surface area contributed by atoms with Gasteiger partial charge in [0.15, 0.2) is 10.8 Å². The van der Waals surface area contributed by atoms with Gasteiger partial charge in [0.1, 0.15) is 17.1 Å². The number of anilines is 1. The highest BCUT2D eigenvalue weighted by Crippen LogP contribution is 2.40. The number of nitrogens with two attached hydrogens (primary N) is 1. The van der Waals surface area contributed by atoms with Crippen LogP contribution in [0.5, 0.6) is 0 Å². The van der Waals surface area contributed by atoms with Crippen LogP contribution in [0.2, 0.25) is 0 Å². The minimum Gasteiger partial charge on any atom is -0.478 e. The topological polar surface area (TPSA) is 164 Å². The summed E-state index contributed by atoms with van der Waals surface area (Å²) < 4.78 is 0. The molecule has 0 aliphatic carbocycles. The molecule has 2 amide bonds.